The van der Waals surface area contributed by atoms with E-state index in [1.165, 1.54) is 22.3 Å². The molecule has 0 saturated carbocycles. The molecule has 0 aliphatic carbocycles. The predicted molar refractivity (Wildman–Crippen MR) is 200 cm³/mol. The molecule has 1 amide bonds. The number of likely N-dealkylation sites (N-methyl/N-ethyl adjacent to an activating group) is 1. The summed E-state index contributed by atoms with van der Waals surface area (Å²) < 4.78 is 17.9. The molecule has 2 unspecified atom stereocenters. The van der Waals surface area contributed by atoms with Gasteiger partial charge in [-0.1, -0.05) is 48.5 Å². The average Bonchev–Trinajstić information content (AvgIpc) is 3.27. The van der Waals surface area contributed by atoms with E-state index in [9.17, 15) is 9.59 Å². The standard InChI is InChI=1S/C42H44N4O5/c1-28-17-36-38(44-24-35-19-30-12-6-8-14-32(30)26-46(35)42(36)48)22-39(28)50-15-9-4-10-16-51-41-21-37(33(27-47)20-40(41)49-3)43-23-34-18-29-11-5-7-13-31(29)25-45(34)2/h5-8,11-14,17,20-24,27,34-35H,4,9-10,15-16,18-19,25-26H2,1-3H3. The number of hydrogen-bond acceptors (Lipinski definition) is 8. The molecular weight excluding hydrogens is 640 g/mol. The summed E-state index contributed by atoms with van der Waals surface area (Å²) in [5, 5.41) is 0. The summed E-state index contributed by atoms with van der Waals surface area (Å²) in [6.07, 6.45) is 8.82. The smallest absolute Gasteiger partial charge is 0.256 e. The molecule has 0 aromatic heterocycles. The number of nitrogens with zero attached hydrogens (tertiary/aromatic N) is 4. The van der Waals surface area contributed by atoms with E-state index in [2.05, 4.69) is 48.3 Å². The summed E-state index contributed by atoms with van der Waals surface area (Å²) in [5.41, 5.74) is 8.34. The number of ether oxygens (including phenoxy) is 3. The number of fused-ring (bicyclic) bond motifs is 4. The number of unbranched alkanes of at least 4 members (excludes halogenated alkanes) is 2. The van der Waals surface area contributed by atoms with Crippen LogP contribution in [0.4, 0.5) is 11.4 Å². The lowest BCUT2D eigenvalue weighted by molar-refractivity contribution is 0.0703. The van der Waals surface area contributed by atoms with Crippen LogP contribution in [0.3, 0.4) is 0 Å². The maximum Gasteiger partial charge on any atom is 0.256 e. The molecule has 9 heteroatoms. The normalized spacial score (nSPS) is 18.0. The number of carbonyl (C=O) groups excluding carboxylic acids is 2. The predicted octanol–water partition coefficient (Wildman–Crippen LogP) is 7.49. The van der Waals surface area contributed by atoms with Gasteiger partial charge in [-0.3, -0.25) is 24.5 Å². The van der Waals surface area contributed by atoms with Gasteiger partial charge in [0.05, 0.1) is 43.3 Å². The molecule has 0 saturated heterocycles. The van der Waals surface area contributed by atoms with Crippen LogP contribution in [0.15, 0.2) is 82.8 Å². The Kier molecular flexibility index (Phi) is 10.3. The van der Waals surface area contributed by atoms with Crippen molar-refractivity contribution in [2.75, 3.05) is 27.4 Å². The fourth-order valence-electron chi connectivity index (χ4n) is 7.13. The van der Waals surface area contributed by atoms with Crippen molar-refractivity contribution in [2.24, 2.45) is 9.98 Å². The molecule has 51 heavy (non-hydrogen) atoms. The number of rotatable bonds is 12. The van der Waals surface area contributed by atoms with E-state index in [4.69, 9.17) is 24.2 Å². The molecule has 4 aromatic rings. The van der Waals surface area contributed by atoms with E-state index < -0.39 is 0 Å². The summed E-state index contributed by atoms with van der Waals surface area (Å²) in [5.74, 6) is 1.82. The molecule has 4 aromatic carbocycles. The Labute approximate surface area is 299 Å². The van der Waals surface area contributed by atoms with Crippen LogP contribution in [0.2, 0.25) is 0 Å². The second-order valence-electron chi connectivity index (χ2n) is 13.6. The summed E-state index contributed by atoms with van der Waals surface area (Å²) in [7, 11) is 3.66. The van der Waals surface area contributed by atoms with Gasteiger partial charge >= 0.3 is 0 Å². The van der Waals surface area contributed by atoms with Gasteiger partial charge < -0.3 is 19.1 Å². The highest BCUT2D eigenvalue weighted by Gasteiger charge is 2.33. The van der Waals surface area contributed by atoms with Crippen molar-refractivity contribution >= 4 is 36.0 Å². The maximum atomic E-state index is 13.6. The minimum absolute atomic E-state index is 0.0102. The van der Waals surface area contributed by atoms with Gasteiger partial charge in [0.15, 0.2) is 17.8 Å². The molecule has 0 spiro atoms. The molecule has 9 nitrogen and oxygen atoms in total. The highest BCUT2D eigenvalue weighted by Crippen LogP contribution is 2.36. The van der Waals surface area contributed by atoms with Gasteiger partial charge in [-0.2, -0.15) is 0 Å². The molecule has 0 bridgehead atoms. The van der Waals surface area contributed by atoms with Crippen LogP contribution in [-0.2, 0) is 25.9 Å². The molecule has 3 heterocycles. The third kappa shape index (κ3) is 7.44. The van der Waals surface area contributed by atoms with Crippen molar-refractivity contribution in [3.63, 3.8) is 0 Å². The molecule has 0 radical (unpaired) electrons. The Morgan fingerprint density at radius 2 is 1.53 bits per heavy atom. The summed E-state index contributed by atoms with van der Waals surface area (Å²) in [4.78, 5) is 39.2. The number of methoxy groups -OCH3 is 1. The van der Waals surface area contributed by atoms with E-state index in [0.29, 0.717) is 53.8 Å². The van der Waals surface area contributed by atoms with E-state index in [-0.39, 0.29) is 18.0 Å². The number of hydrogen-bond donors (Lipinski definition) is 0. The van der Waals surface area contributed by atoms with Crippen LogP contribution >= 0.6 is 0 Å². The minimum atomic E-state index is -0.0590. The van der Waals surface area contributed by atoms with Gasteiger partial charge in [0.1, 0.15) is 5.75 Å². The first-order valence-corrected chi connectivity index (χ1v) is 17.7. The first-order chi connectivity index (χ1) is 24.9. The lowest BCUT2D eigenvalue weighted by atomic mass is 9.94. The second-order valence-corrected chi connectivity index (χ2v) is 13.6. The number of aliphatic imine (C=N–C) groups is 2. The highest BCUT2D eigenvalue weighted by atomic mass is 16.5. The van der Waals surface area contributed by atoms with E-state index >= 15 is 0 Å². The zero-order valence-corrected chi connectivity index (χ0v) is 29.5. The SMILES string of the molecule is COc1cc(C=O)c(N=CC2Cc3ccccc3CN2C)cc1OCCCCCOc1cc2c(cc1C)C(=O)N1Cc3ccccc3CC1C=N2. The molecule has 0 N–H and O–H groups in total. The maximum absolute atomic E-state index is 13.6. The molecule has 3 aliphatic rings. The quantitative estimate of drug-likeness (QED) is 0.0873. The van der Waals surface area contributed by atoms with Crippen LogP contribution in [0.5, 0.6) is 17.2 Å². The first kappa shape index (κ1) is 34.2. The molecule has 2 atom stereocenters. The average molecular weight is 685 g/mol. The summed E-state index contributed by atoms with van der Waals surface area (Å²) >= 11 is 0. The van der Waals surface area contributed by atoms with Crippen LogP contribution in [0.25, 0.3) is 0 Å². The van der Waals surface area contributed by atoms with Gasteiger partial charge in [0.25, 0.3) is 5.91 Å². The fourth-order valence-corrected chi connectivity index (χ4v) is 7.13. The molecule has 3 aliphatic heterocycles. The van der Waals surface area contributed by atoms with Crippen LogP contribution in [0.1, 0.15) is 67.8 Å². The Bertz CT molecular complexity index is 1990. The Morgan fingerprint density at radius 3 is 2.25 bits per heavy atom. The van der Waals surface area contributed by atoms with Crippen molar-refractivity contribution in [1.29, 1.82) is 0 Å². The first-order valence-electron chi connectivity index (χ1n) is 17.7. The number of aryl methyl sites for hydroxylation is 1. The number of benzene rings is 4. The highest BCUT2D eigenvalue weighted by molar-refractivity contribution is 6.03. The van der Waals surface area contributed by atoms with Crippen LogP contribution in [-0.4, -0.2) is 73.9 Å². The lowest BCUT2D eigenvalue weighted by Gasteiger charge is -2.34. The third-order valence-corrected chi connectivity index (χ3v) is 10.1. The van der Waals surface area contributed by atoms with Crippen molar-refractivity contribution < 1.29 is 23.8 Å². The van der Waals surface area contributed by atoms with Crippen molar-refractivity contribution in [3.8, 4) is 17.2 Å². The van der Waals surface area contributed by atoms with Crippen molar-refractivity contribution in [2.45, 2.75) is 64.2 Å². The summed E-state index contributed by atoms with van der Waals surface area (Å²) in [6, 6.07) is 24.1. The zero-order valence-electron chi connectivity index (χ0n) is 29.5. The van der Waals surface area contributed by atoms with Gasteiger partial charge in [0, 0.05) is 49.3 Å². The number of aldehydes is 1. The lowest BCUT2D eigenvalue weighted by Crippen LogP contribution is -2.44. The van der Waals surface area contributed by atoms with Crippen molar-refractivity contribution in [1.82, 2.24) is 9.80 Å². The van der Waals surface area contributed by atoms with Crippen molar-refractivity contribution in [3.05, 3.63) is 112 Å². The third-order valence-electron chi connectivity index (χ3n) is 10.1. The molecule has 0 fully saturated rings. The topological polar surface area (TPSA) is 93.0 Å². The fraction of sp³-hybridized carbons (Fsp3) is 0.333. The molecule has 7 rings (SSSR count). The minimum Gasteiger partial charge on any atom is -0.493 e. The van der Waals surface area contributed by atoms with E-state index in [1.807, 2.05) is 48.5 Å². The number of carbonyl (C=O) groups is 2. The molecule has 262 valence electrons. The number of amides is 1. The van der Waals surface area contributed by atoms with Gasteiger partial charge in [-0.15, -0.1) is 0 Å². The largest absolute Gasteiger partial charge is 0.493 e. The van der Waals surface area contributed by atoms with Crippen LogP contribution in [0, 0.1) is 6.92 Å². The monoisotopic (exact) mass is 684 g/mol. The Morgan fingerprint density at radius 1 is 0.843 bits per heavy atom. The van der Waals surface area contributed by atoms with Crippen LogP contribution < -0.4 is 14.2 Å². The summed E-state index contributed by atoms with van der Waals surface area (Å²) in [6.45, 7) is 4.44. The van der Waals surface area contributed by atoms with Gasteiger partial charge in [-0.25, -0.2) is 0 Å². The molecular formula is C42H44N4O5. The second kappa shape index (κ2) is 15.3. The van der Waals surface area contributed by atoms with Gasteiger partial charge in [0.2, 0.25) is 0 Å². The Balaban J connectivity index is 0.918. The van der Waals surface area contributed by atoms with Gasteiger partial charge in [-0.05, 0) is 86.0 Å². The van der Waals surface area contributed by atoms with E-state index in [1.54, 1.807) is 19.2 Å². The Hall–Kier alpha value is -5.28. The van der Waals surface area contributed by atoms with E-state index in [0.717, 1.165) is 56.2 Å². The zero-order chi connectivity index (χ0) is 35.3.